The van der Waals surface area contributed by atoms with Crippen molar-refractivity contribution in [2.75, 3.05) is 4.90 Å². The highest BCUT2D eigenvalue weighted by Crippen LogP contribution is 2.28. The van der Waals surface area contributed by atoms with Crippen LogP contribution in [-0.2, 0) is 11.3 Å². The van der Waals surface area contributed by atoms with Crippen LogP contribution in [0.15, 0.2) is 65.0 Å². The molecule has 2 aromatic carbocycles. The molecule has 0 spiro atoms. The van der Waals surface area contributed by atoms with Crippen LogP contribution in [0.2, 0.25) is 5.02 Å². The van der Waals surface area contributed by atoms with E-state index in [2.05, 4.69) is 9.97 Å². The maximum absolute atomic E-state index is 12.7. The zero-order chi connectivity index (χ0) is 19.7. The molecule has 8 heteroatoms. The van der Waals surface area contributed by atoms with E-state index in [0.29, 0.717) is 26.8 Å². The first kappa shape index (κ1) is 18.3. The van der Waals surface area contributed by atoms with Gasteiger partial charge in [-0.05, 0) is 30.3 Å². The van der Waals surface area contributed by atoms with E-state index in [0.717, 1.165) is 5.69 Å². The first-order chi connectivity index (χ1) is 13.5. The summed E-state index contributed by atoms with van der Waals surface area (Å²) in [6.45, 7) is 1.75. The minimum absolute atomic E-state index is 0.133. The SMILES string of the molecule is CC(=O)N(c1ccccc1)c1nc(Cn2cnc3ccc(Cl)cc3c2=O)cs1. The third-order valence-electron chi connectivity index (χ3n) is 4.18. The number of rotatable bonds is 4. The van der Waals surface area contributed by atoms with Crippen molar-refractivity contribution >= 4 is 50.6 Å². The number of anilines is 2. The number of fused-ring (bicyclic) bond motifs is 1. The van der Waals surface area contributed by atoms with Gasteiger partial charge in [0.05, 0.1) is 35.2 Å². The van der Waals surface area contributed by atoms with E-state index in [1.54, 1.807) is 23.1 Å². The highest BCUT2D eigenvalue weighted by atomic mass is 35.5. The minimum atomic E-state index is -0.187. The summed E-state index contributed by atoms with van der Waals surface area (Å²) in [5, 5.41) is 3.33. The Balaban J connectivity index is 1.67. The average molecular weight is 411 g/mol. The van der Waals surface area contributed by atoms with Crippen LogP contribution in [0.3, 0.4) is 0 Å². The normalized spacial score (nSPS) is 10.9. The highest BCUT2D eigenvalue weighted by molar-refractivity contribution is 7.14. The lowest BCUT2D eigenvalue weighted by Crippen LogP contribution is -2.23. The van der Waals surface area contributed by atoms with Crippen molar-refractivity contribution < 1.29 is 4.79 Å². The van der Waals surface area contributed by atoms with Gasteiger partial charge in [-0.3, -0.25) is 19.1 Å². The molecule has 0 aliphatic carbocycles. The topological polar surface area (TPSA) is 68.1 Å². The van der Waals surface area contributed by atoms with Crippen molar-refractivity contribution in [3.05, 3.63) is 81.3 Å². The minimum Gasteiger partial charge on any atom is -0.293 e. The number of carbonyl (C=O) groups excluding carboxylic acids is 1. The van der Waals surface area contributed by atoms with E-state index in [1.165, 1.54) is 29.2 Å². The summed E-state index contributed by atoms with van der Waals surface area (Å²) < 4.78 is 1.48. The van der Waals surface area contributed by atoms with Gasteiger partial charge >= 0.3 is 0 Å². The smallest absolute Gasteiger partial charge is 0.261 e. The van der Waals surface area contributed by atoms with Crippen LogP contribution in [0.1, 0.15) is 12.6 Å². The number of nitrogens with zero attached hydrogens (tertiary/aromatic N) is 4. The van der Waals surface area contributed by atoms with Gasteiger partial charge in [0, 0.05) is 17.3 Å². The Kier molecular flexibility index (Phi) is 4.93. The fourth-order valence-electron chi connectivity index (χ4n) is 2.89. The molecule has 2 heterocycles. The number of thiazole rings is 1. The molecule has 0 aliphatic heterocycles. The van der Waals surface area contributed by atoms with Crippen molar-refractivity contribution in [3.8, 4) is 0 Å². The lowest BCUT2D eigenvalue weighted by atomic mass is 10.2. The van der Waals surface area contributed by atoms with Crippen LogP contribution in [-0.4, -0.2) is 20.4 Å². The van der Waals surface area contributed by atoms with Crippen molar-refractivity contribution in [1.29, 1.82) is 0 Å². The molecule has 1 amide bonds. The van der Waals surface area contributed by atoms with E-state index in [9.17, 15) is 9.59 Å². The maximum atomic E-state index is 12.7. The summed E-state index contributed by atoms with van der Waals surface area (Å²) in [5.74, 6) is -0.133. The van der Waals surface area contributed by atoms with Crippen molar-refractivity contribution in [3.63, 3.8) is 0 Å². The second kappa shape index (κ2) is 7.53. The van der Waals surface area contributed by atoms with Crippen LogP contribution in [0.4, 0.5) is 10.8 Å². The number of aromatic nitrogens is 3. The van der Waals surface area contributed by atoms with Gasteiger partial charge in [-0.25, -0.2) is 9.97 Å². The molecule has 0 atom stereocenters. The molecule has 0 saturated heterocycles. The van der Waals surface area contributed by atoms with Gasteiger partial charge in [0.15, 0.2) is 5.13 Å². The number of hydrogen-bond acceptors (Lipinski definition) is 5. The summed E-state index contributed by atoms with van der Waals surface area (Å²) in [6.07, 6.45) is 1.50. The van der Waals surface area contributed by atoms with Crippen LogP contribution in [0.25, 0.3) is 10.9 Å². The number of amides is 1. The number of hydrogen-bond donors (Lipinski definition) is 0. The lowest BCUT2D eigenvalue weighted by Gasteiger charge is -2.17. The Morgan fingerprint density at radius 2 is 2.00 bits per heavy atom. The molecule has 28 heavy (non-hydrogen) atoms. The van der Waals surface area contributed by atoms with Crippen LogP contribution < -0.4 is 10.5 Å². The van der Waals surface area contributed by atoms with Gasteiger partial charge in [0.25, 0.3) is 5.56 Å². The molecule has 0 bridgehead atoms. The highest BCUT2D eigenvalue weighted by Gasteiger charge is 2.18. The molecule has 2 aromatic heterocycles. The van der Waals surface area contributed by atoms with Crippen LogP contribution in [0.5, 0.6) is 0 Å². The number of benzene rings is 2. The largest absolute Gasteiger partial charge is 0.293 e. The number of halogens is 1. The van der Waals surface area contributed by atoms with Crippen LogP contribution >= 0.6 is 22.9 Å². The summed E-state index contributed by atoms with van der Waals surface area (Å²) in [6, 6.07) is 14.4. The molecular formula is C20H15ClN4O2S. The Labute approximate surface area is 169 Å². The van der Waals surface area contributed by atoms with Crippen LogP contribution in [0, 0.1) is 0 Å². The van der Waals surface area contributed by atoms with E-state index >= 15 is 0 Å². The van der Waals surface area contributed by atoms with Gasteiger partial charge in [-0.15, -0.1) is 11.3 Å². The van der Waals surface area contributed by atoms with Crippen molar-refractivity contribution in [2.45, 2.75) is 13.5 Å². The summed E-state index contributed by atoms with van der Waals surface area (Å²) in [5.41, 5.74) is 1.83. The third-order valence-corrected chi connectivity index (χ3v) is 5.29. The predicted molar refractivity (Wildman–Crippen MR) is 111 cm³/mol. The molecule has 0 unspecified atom stereocenters. The number of carbonyl (C=O) groups is 1. The van der Waals surface area contributed by atoms with Gasteiger partial charge < -0.3 is 0 Å². The fraction of sp³-hybridized carbons (Fsp3) is 0.100. The first-order valence-corrected chi connectivity index (χ1v) is 9.73. The molecule has 0 fully saturated rings. The standard InChI is InChI=1S/C20H15ClN4O2S/c1-13(26)25(16-5-3-2-4-6-16)20-23-15(11-28-20)10-24-12-22-18-8-7-14(21)9-17(18)19(24)27/h2-9,11-12H,10H2,1H3. The van der Waals surface area contributed by atoms with E-state index in [1.807, 2.05) is 35.7 Å². The molecule has 0 N–H and O–H groups in total. The molecule has 0 saturated carbocycles. The van der Waals surface area contributed by atoms with E-state index < -0.39 is 0 Å². The molecule has 0 aliphatic rings. The monoisotopic (exact) mass is 410 g/mol. The maximum Gasteiger partial charge on any atom is 0.261 e. The quantitative estimate of drug-likeness (QED) is 0.504. The molecule has 4 rings (SSSR count). The molecule has 0 radical (unpaired) electrons. The zero-order valence-electron chi connectivity index (χ0n) is 14.9. The second-order valence-corrected chi connectivity index (χ2v) is 7.42. The molecule has 4 aromatic rings. The van der Waals surface area contributed by atoms with E-state index in [-0.39, 0.29) is 18.0 Å². The third kappa shape index (κ3) is 3.54. The molecule has 140 valence electrons. The summed E-state index contributed by atoms with van der Waals surface area (Å²) >= 11 is 7.35. The Hall–Kier alpha value is -3.03. The number of para-hydroxylation sites is 1. The van der Waals surface area contributed by atoms with Crippen molar-refractivity contribution in [2.24, 2.45) is 0 Å². The van der Waals surface area contributed by atoms with Gasteiger partial charge in [0.2, 0.25) is 5.91 Å². The second-order valence-electron chi connectivity index (χ2n) is 6.15. The predicted octanol–water partition coefficient (Wildman–Crippen LogP) is 4.24. The fourth-order valence-corrected chi connectivity index (χ4v) is 3.94. The van der Waals surface area contributed by atoms with Gasteiger partial charge in [-0.2, -0.15) is 0 Å². The summed E-state index contributed by atoms with van der Waals surface area (Å²) in [7, 11) is 0. The first-order valence-electron chi connectivity index (χ1n) is 8.48. The van der Waals surface area contributed by atoms with Crippen molar-refractivity contribution in [1.82, 2.24) is 14.5 Å². The molecule has 6 nitrogen and oxygen atoms in total. The van der Waals surface area contributed by atoms with E-state index in [4.69, 9.17) is 11.6 Å². The Morgan fingerprint density at radius 1 is 1.21 bits per heavy atom. The lowest BCUT2D eigenvalue weighted by molar-refractivity contribution is -0.115. The Morgan fingerprint density at radius 3 is 2.75 bits per heavy atom. The zero-order valence-corrected chi connectivity index (χ0v) is 16.4. The van der Waals surface area contributed by atoms with Gasteiger partial charge in [-0.1, -0.05) is 29.8 Å². The van der Waals surface area contributed by atoms with Gasteiger partial charge in [0.1, 0.15) is 0 Å². The summed E-state index contributed by atoms with van der Waals surface area (Å²) in [4.78, 5) is 35.3. The Bertz CT molecular complexity index is 1220. The average Bonchev–Trinajstić information content (AvgIpc) is 3.13. The molecular weight excluding hydrogens is 396 g/mol.